The van der Waals surface area contributed by atoms with Gasteiger partial charge in [-0.2, -0.15) is 0 Å². The van der Waals surface area contributed by atoms with Gasteiger partial charge in [-0.15, -0.1) is 0 Å². The summed E-state index contributed by atoms with van der Waals surface area (Å²) in [5.41, 5.74) is 1.82. The van der Waals surface area contributed by atoms with Gasteiger partial charge < -0.3 is 10.0 Å². The van der Waals surface area contributed by atoms with Gasteiger partial charge in [0.25, 0.3) is 0 Å². The third-order valence-corrected chi connectivity index (χ3v) is 5.44. The maximum atomic E-state index is 11.4. The van der Waals surface area contributed by atoms with E-state index in [1.165, 1.54) is 0 Å². The van der Waals surface area contributed by atoms with Crippen molar-refractivity contribution in [3.8, 4) is 0 Å². The van der Waals surface area contributed by atoms with E-state index in [0.717, 1.165) is 15.7 Å². The molecular formula is C12H16BrNO3S. The first-order valence-electron chi connectivity index (χ1n) is 5.82. The van der Waals surface area contributed by atoms with Crippen LogP contribution in [0.15, 0.2) is 22.7 Å². The summed E-state index contributed by atoms with van der Waals surface area (Å²) in [6, 6.07) is 5.72. The van der Waals surface area contributed by atoms with Crippen LogP contribution in [0, 0.1) is 0 Å². The molecule has 1 aromatic carbocycles. The first-order chi connectivity index (χ1) is 8.39. The molecular weight excluding hydrogens is 318 g/mol. The lowest BCUT2D eigenvalue weighted by molar-refractivity contribution is 0.198. The van der Waals surface area contributed by atoms with Crippen LogP contribution in [0.4, 0.5) is 5.69 Å². The average Bonchev–Trinajstić information content (AvgIpc) is 2.28. The Bertz CT molecular complexity index is 528. The zero-order chi connectivity index (χ0) is 13.3. The van der Waals surface area contributed by atoms with Gasteiger partial charge in [-0.1, -0.05) is 22.0 Å². The van der Waals surface area contributed by atoms with Crippen LogP contribution in [0.2, 0.25) is 0 Å². The fraction of sp³-hybridized carbons (Fsp3) is 0.500. The molecule has 0 aliphatic carbocycles. The van der Waals surface area contributed by atoms with Crippen LogP contribution >= 0.6 is 15.9 Å². The van der Waals surface area contributed by atoms with Crippen molar-refractivity contribution in [2.24, 2.45) is 0 Å². The Morgan fingerprint density at radius 1 is 1.33 bits per heavy atom. The monoisotopic (exact) mass is 333 g/mol. The molecule has 0 saturated carbocycles. The minimum Gasteiger partial charge on any atom is -0.389 e. The topological polar surface area (TPSA) is 57.6 Å². The summed E-state index contributed by atoms with van der Waals surface area (Å²) in [6.07, 6.45) is -0.518. The molecule has 1 aliphatic heterocycles. The molecule has 1 aliphatic rings. The number of hydrogen-bond acceptors (Lipinski definition) is 4. The molecule has 0 unspecified atom stereocenters. The number of halogens is 1. The van der Waals surface area contributed by atoms with Crippen molar-refractivity contribution in [1.29, 1.82) is 0 Å². The van der Waals surface area contributed by atoms with Crippen LogP contribution in [0.25, 0.3) is 0 Å². The third-order valence-electron chi connectivity index (χ3n) is 3.14. The van der Waals surface area contributed by atoms with Crippen molar-refractivity contribution in [2.45, 2.75) is 13.0 Å². The molecule has 100 valence electrons. The first-order valence-corrected chi connectivity index (χ1v) is 8.43. The Morgan fingerprint density at radius 3 is 2.44 bits per heavy atom. The van der Waals surface area contributed by atoms with Gasteiger partial charge in [-0.05, 0) is 24.6 Å². The smallest absolute Gasteiger partial charge is 0.153 e. The zero-order valence-electron chi connectivity index (χ0n) is 10.1. The van der Waals surface area contributed by atoms with Crippen molar-refractivity contribution in [2.75, 3.05) is 29.5 Å². The first kappa shape index (κ1) is 13.8. The molecule has 1 aromatic rings. The largest absolute Gasteiger partial charge is 0.389 e. The van der Waals surface area contributed by atoms with Gasteiger partial charge in [0, 0.05) is 23.2 Å². The van der Waals surface area contributed by atoms with Crippen LogP contribution in [-0.4, -0.2) is 38.1 Å². The van der Waals surface area contributed by atoms with E-state index in [1.807, 2.05) is 18.2 Å². The van der Waals surface area contributed by atoms with Gasteiger partial charge in [0.1, 0.15) is 0 Å². The van der Waals surface area contributed by atoms with Crippen LogP contribution < -0.4 is 4.90 Å². The quantitative estimate of drug-likeness (QED) is 0.895. The summed E-state index contributed by atoms with van der Waals surface area (Å²) < 4.78 is 23.6. The highest BCUT2D eigenvalue weighted by Crippen LogP contribution is 2.28. The molecule has 18 heavy (non-hydrogen) atoms. The van der Waals surface area contributed by atoms with E-state index in [2.05, 4.69) is 20.8 Å². The fourth-order valence-corrected chi connectivity index (χ4v) is 3.92. The van der Waals surface area contributed by atoms with E-state index in [0.29, 0.717) is 13.1 Å². The maximum absolute atomic E-state index is 11.4. The molecule has 0 bridgehead atoms. The number of nitrogens with zero attached hydrogens (tertiary/aromatic N) is 1. The van der Waals surface area contributed by atoms with Gasteiger partial charge in [-0.25, -0.2) is 8.42 Å². The van der Waals surface area contributed by atoms with Crippen LogP contribution in [0.3, 0.4) is 0 Å². The average molecular weight is 334 g/mol. The Hall–Kier alpha value is -0.590. The molecule has 0 radical (unpaired) electrons. The van der Waals surface area contributed by atoms with E-state index in [4.69, 9.17) is 0 Å². The summed E-state index contributed by atoms with van der Waals surface area (Å²) in [5, 5.41) is 9.55. The minimum atomic E-state index is -2.85. The number of hydrogen-bond donors (Lipinski definition) is 1. The van der Waals surface area contributed by atoms with Gasteiger partial charge in [0.15, 0.2) is 9.84 Å². The van der Waals surface area contributed by atoms with E-state index >= 15 is 0 Å². The summed E-state index contributed by atoms with van der Waals surface area (Å²) in [7, 11) is -2.85. The standard InChI is InChI=1S/C12H16BrNO3S/c1-9(15)11-3-2-10(8-12(11)13)14-4-6-18(16,17)7-5-14/h2-3,8-9,15H,4-7H2,1H3/t9-/m0/s1. The lowest BCUT2D eigenvalue weighted by atomic mass is 10.1. The molecule has 0 spiro atoms. The fourth-order valence-electron chi connectivity index (χ4n) is 2.02. The lowest BCUT2D eigenvalue weighted by Gasteiger charge is -2.29. The molecule has 1 fully saturated rings. The number of benzene rings is 1. The summed E-state index contributed by atoms with van der Waals surface area (Å²) in [4.78, 5) is 2.05. The zero-order valence-corrected chi connectivity index (χ0v) is 12.5. The summed E-state index contributed by atoms with van der Waals surface area (Å²) in [6.45, 7) is 2.78. The Balaban J connectivity index is 2.18. The summed E-state index contributed by atoms with van der Waals surface area (Å²) >= 11 is 3.43. The van der Waals surface area contributed by atoms with Gasteiger partial charge in [0.2, 0.25) is 0 Å². The number of sulfone groups is 1. The Labute approximate surface area is 116 Å². The van der Waals surface area contributed by atoms with Crippen molar-refractivity contribution >= 4 is 31.5 Å². The van der Waals surface area contributed by atoms with Gasteiger partial charge in [-0.3, -0.25) is 0 Å². The number of aliphatic hydroxyl groups excluding tert-OH is 1. The van der Waals surface area contributed by atoms with E-state index < -0.39 is 15.9 Å². The number of aliphatic hydroxyl groups is 1. The second-order valence-electron chi connectivity index (χ2n) is 4.52. The molecule has 2 rings (SSSR count). The molecule has 4 nitrogen and oxygen atoms in total. The number of anilines is 1. The molecule has 1 atom stereocenters. The van der Waals surface area contributed by atoms with E-state index in [9.17, 15) is 13.5 Å². The van der Waals surface area contributed by atoms with Gasteiger partial charge in [0.05, 0.1) is 17.6 Å². The summed E-state index contributed by atoms with van der Waals surface area (Å²) in [5.74, 6) is 0.422. The maximum Gasteiger partial charge on any atom is 0.153 e. The molecule has 1 N–H and O–H groups in total. The predicted molar refractivity (Wildman–Crippen MR) is 75.6 cm³/mol. The highest BCUT2D eigenvalue weighted by atomic mass is 79.9. The Kier molecular flexibility index (Phi) is 3.99. The van der Waals surface area contributed by atoms with Crippen molar-refractivity contribution in [3.05, 3.63) is 28.2 Å². The van der Waals surface area contributed by atoms with Crippen molar-refractivity contribution < 1.29 is 13.5 Å². The van der Waals surface area contributed by atoms with Crippen molar-refractivity contribution in [1.82, 2.24) is 0 Å². The molecule has 0 aromatic heterocycles. The molecule has 6 heteroatoms. The second-order valence-corrected chi connectivity index (χ2v) is 7.68. The minimum absolute atomic E-state index is 0.211. The van der Waals surface area contributed by atoms with Crippen molar-refractivity contribution in [3.63, 3.8) is 0 Å². The normalized spacial score (nSPS) is 20.7. The van der Waals surface area contributed by atoms with E-state index in [1.54, 1.807) is 6.92 Å². The highest BCUT2D eigenvalue weighted by molar-refractivity contribution is 9.10. The van der Waals surface area contributed by atoms with Crippen LogP contribution in [-0.2, 0) is 9.84 Å². The van der Waals surface area contributed by atoms with Crippen LogP contribution in [0.1, 0.15) is 18.6 Å². The van der Waals surface area contributed by atoms with Crippen LogP contribution in [0.5, 0.6) is 0 Å². The van der Waals surface area contributed by atoms with Gasteiger partial charge >= 0.3 is 0 Å². The lowest BCUT2D eigenvalue weighted by Crippen LogP contribution is -2.40. The Morgan fingerprint density at radius 2 is 1.94 bits per heavy atom. The molecule has 1 heterocycles. The molecule has 1 saturated heterocycles. The number of rotatable bonds is 2. The molecule has 0 amide bonds. The second kappa shape index (κ2) is 5.19. The predicted octanol–water partition coefficient (Wildman–Crippen LogP) is 1.74. The highest BCUT2D eigenvalue weighted by Gasteiger charge is 2.22. The van der Waals surface area contributed by atoms with E-state index in [-0.39, 0.29) is 11.5 Å². The SMILES string of the molecule is C[C@H](O)c1ccc(N2CCS(=O)(=O)CC2)cc1Br. The third kappa shape index (κ3) is 3.05.